The fourth-order valence-corrected chi connectivity index (χ4v) is 6.33. The predicted octanol–water partition coefficient (Wildman–Crippen LogP) is 5.22. The lowest BCUT2D eigenvalue weighted by atomic mass is 9.89. The van der Waals surface area contributed by atoms with Crippen molar-refractivity contribution < 1.29 is 9.13 Å². The number of imidazole rings is 1. The first kappa shape index (κ1) is 27.8. The third-order valence-electron chi connectivity index (χ3n) is 8.44. The lowest BCUT2D eigenvalue weighted by Gasteiger charge is -2.39. The number of halogens is 2. The molecule has 3 fully saturated rings. The number of benzene rings is 1. The summed E-state index contributed by atoms with van der Waals surface area (Å²) in [5, 5.41) is 3.56. The van der Waals surface area contributed by atoms with Crippen LogP contribution in [0.2, 0.25) is 0 Å². The van der Waals surface area contributed by atoms with Crippen LogP contribution in [0.4, 0.5) is 10.3 Å². The van der Waals surface area contributed by atoms with Gasteiger partial charge < -0.3 is 15.0 Å². The zero-order valence-corrected chi connectivity index (χ0v) is 23.1. The Kier molecular flexibility index (Phi) is 8.99. The van der Waals surface area contributed by atoms with E-state index < -0.39 is 0 Å². The van der Waals surface area contributed by atoms with E-state index in [9.17, 15) is 9.18 Å². The molecule has 2 aliphatic heterocycles. The van der Waals surface area contributed by atoms with Gasteiger partial charge in [0.15, 0.2) is 0 Å². The van der Waals surface area contributed by atoms with Gasteiger partial charge in [0, 0.05) is 43.7 Å². The minimum absolute atomic E-state index is 0. The molecule has 210 valence electrons. The molecule has 0 radical (unpaired) electrons. The van der Waals surface area contributed by atoms with Crippen LogP contribution in [0.15, 0.2) is 47.5 Å². The average Bonchev–Trinajstić information content (AvgIpc) is 3.32. The largest absolute Gasteiger partial charge is 0.381 e. The van der Waals surface area contributed by atoms with E-state index in [1.807, 2.05) is 12.3 Å². The molecule has 2 saturated heterocycles. The SMILES string of the molecule is Cl.O=c1n(C2CCOCC2)cc(-c2ccnc(NC3CCC(N4CCCCC4)CC3)n2)n1-c1ccc(F)cc1. The van der Waals surface area contributed by atoms with Crippen LogP contribution in [-0.4, -0.2) is 62.4 Å². The van der Waals surface area contributed by atoms with E-state index in [1.54, 1.807) is 27.5 Å². The molecule has 1 saturated carbocycles. The van der Waals surface area contributed by atoms with Gasteiger partial charge in [-0.2, -0.15) is 0 Å². The Bertz CT molecular complexity index is 1280. The first-order valence-corrected chi connectivity index (χ1v) is 14.2. The first-order chi connectivity index (χ1) is 18.7. The molecular weight excluding hydrogens is 519 g/mol. The highest BCUT2D eigenvalue weighted by Gasteiger charge is 2.27. The van der Waals surface area contributed by atoms with Gasteiger partial charge >= 0.3 is 5.69 Å². The molecule has 2 aromatic heterocycles. The zero-order valence-electron chi connectivity index (χ0n) is 22.3. The Hall–Kier alpha value is -2.75. The van der Waals surface area contributed by atoms with Crippen molar-refractivity contribution in [2.24, 2.45) is 0 Å². The molecule has 1 aromatic carbocycles. The highest BCUT2D eigenvalue weighted by Crippen LogP contribution is 2.29. The molecule has 10 heteroatoms. The monoisotopic (exact) mass is 556 g/mol. The van der Waals surface area contributed by atoms with Crippen LogP contribution in [0.25, 0.3) is 17.1 Å². The van der Waals surface area contributed by atoms with E-state index in [0.29, 0.717) is 48.3 Å². The smallest absolute Gasteiger partial charge is 0.333 e. The van der Waals surface area contributed by atoms with Gasteiger partial charge in [-0.25, -0.2) is 19.2 Å². The van der Waals surface area contributed by atoms with Gasteiger partial charge in [0.25, 0.3) is 0 Å². The molecule has 1 N–H and O–H groups in total. The molecule has 6 rings (SSSR count). The van der Waals surface area contributed by atoms with Crippen LogP contribution in [-0.2, 0) is 4.74 Å². The number of rotatable bonds is 6. The molecule has 3 aliphatic rings. The van der Waals surface area contributed by atoms with Crippen molar-refractivity contribution >= 4 is 18.4 Å². The highest BCUT2D eigenvalue weighted by molar-refractivity contribution is 5.85. The summed E-state index contributed by atoms with van der Waals surface area (Å²) in [6, 6.07) is 8.97. The third kappa shape index (κ3) is 6.21. The maximum absolute atomic E-state index is 13.7. The van der Waals surface area contributed by atoms with E-state index >= 15 is 0 Å². The number of piperidine rings is 1. The van der Waals surface area contributed by atoms with Crippen LogP contribution in [0.3, 0.4) is 0 Å². The minimum atomic E-state index is -0.337. The molecule has 0 spiro atoms. The summed E-state index contributed by atoms with van der Waals surface area (Å²) in [5.74, 6) is 0.247. The number of nitrogens with one attached hydrogen (secondary N) is 1. The minimum Gasteiger partial charge on any atom is -0.381 e. The second-order valence-electron chi connectivity index (χ2n) is 10.9. The van der Waals surface area contributed by atoms with E-state index in [-0.39, 0.29) is 30.0 Å². The van der Waals surface area contributed by atoms with Gasteiger partial charge in [-0.05, 0) is 94.8 Å². The van der Waals surface area contributed by atoms with Gasteiger partial charge in [0.1, 0.15) is 5.82 Å². The van der Waals surface area contributed by atoms with Crippen molar-refractivity contribution in [1.29, 1.82) is 0 Å². The summed E-state index contributed by atoms with van der Waals surface area (Å²) in [4.78, 5) is 25.7. The van der Waals surface area contributed by atoms with Crippen LogP contribution < -0.4 is 11.0 Å². The van der Waals surface area contributed by atoms with Gasteiger partial charge in [-0.1, -0.05) is 6.42 Å². The normalized spacial score (nSPS) is 22.8. The summed E-state index contributed by atoms with van der Waals surface area (Å²) in [5.41, 5.74) is 1.80. The quantitative estimate of drug-likeness (QED) is 0.449. The lowest BCUT2D eigenvalue weighted by molar-refractivity contribution is 0.0686. The number of aromatic nitrogens is 4. The number of hydrogen-bond acceptors (Lipinski definition) is 6. The maximum Gasteiger partial charge on any atom is 0.333 e. The Morgan fingerprint density at radius 1 is 0.897 bits per heavy atom. The molecule has 39 heavy (non-hydrogen) atoms. The van der Waals surface area contributed by atoms with Crippen LogP contribution >= 0.6 is 12.4 Å². The fourth-order valence-electron chi connectivity index (χ4n) is 6.33. The summed E-state index contributed by atoms with van der Waals surface area (Å²) >= 11 is 0. The van der Waals surface area contributed by atoms with E-state index in [4.69, 9.17) is 9.72 Å². The predicted molar refractivity (Wildman–Crippen MR) is 152 cm³/mol. The molecule has 0 amide bonds. The van der Waals surface area contributed by atoms with E-state index in [2.05, 4.69) is 15.2 Å². The van der Waals surface area contributed by atoms with Crippen LogP contribution in [0.5, 0.6) is 0 Å². The van der Waals surface area contributed by atoms with Gasteiger partial charge in [-0.15, -0.1) is 12.4 Å². The molecular formula is C29H38ClFN6O2. The van der Waals surface area contributed by atoms with Gasteiger partial charge in [-0.3, -0.25) is 9.13 Å². The standard InChI is InChI=1S/C29H37FN6O2.ClH/c30-21-4-8-25(9-5-21)36-27(20-35(29(36)37)24-13-18-38-19-14-24)26-12-15-31-28(33-26)32-22-6-10-23(11-7-22)34-16-2-1-3-17-34;/h4-5,8-9,12,15,20,22-24H,1-3,6-7,10-11,13-14,16-19H2,(H,31,32,33);1H. The molecule has 1 aliphatic carbocycles. The summed E-state index contributed by atoms with van der Waals surface area (Å²) in [7, 11) is 0. The van der Waals surface area contributed by atoms with Crippen molar-refractivity contribution in [2.75, 3.05) is 31.6 Å². The highest BCUT2D eigenvalue weighted by atomic mass is 35.5. The second-order valence-corrected chi connectivity index (χ2v) is 10.9. The van der Waals surface area contributed by atoms with Crippen molar-refractivity contribution in [3.05, 3.63) is 59.0 Å². The number of anilines is 1. The lowest BCUT2D eigenvalue weighted by Crippen LogP contribution is -2.43. The molecule has 3 aromatic rings. The Balaban J connectivity index is 0.00000308. The number of likely N-dealkylation sites (tertiary alicyclic amines) is 1. The van der Waals surface area contributed by atoms with Crippen molar-refractivity contribution in [3.63, 3.8) is 0 Å². The zero-order chi connectivity index (χ0) is 25.9. The van der Waals surface area contributed by atoms with Crippen molar-refractivity contribution in [1.82, 2.24) is 24.0 Å². The molecule has 0 atom stereocenters. The topological polar surface area (TPSA) is 77.2 Å². The molecule has 0 unspecified atom stereocenters. The molecule has 8 nitrogen and oxygen atoms in total. The Morgan fingerprint density at radius 2 is 1.62 bits per heavy atom. The summed E-state index contributed by atoms with van der Waals surface area (Å²) < 4.78 is 22.6. The number of nitrogens with zero attached hydrogens (tertiary/aromatic N) is 5. The first-order valence-electron chi connectivity index (χ1n) is 14.2. The summed E-state index contributed by atoms with van der Waals surface area (Å²) in [6.45, 7) is 3.76. The summed E-state index contributed by atoms with van der Waals surface area (Å²) in [6.07, 6.45) is 13.8. The Morgan fingerprint density at radius 3 is 2.33 bits per heavy atom. The third-order valence-corrected chi connectivity index (χ3v) is 8.44. The van der Waals surface area contributed by atoms with E-state index in [1.165, 1.54) is 57.3 Å². The average molecular weight is 557 g/mol. The van der Waals surface area contributed by atoms with E-state index in [0.717, 1.165) is 25.7 Å². The number of hydrogen-bond donors (Lipinski definition) is 1. The van der Waals surface area contributed by atoms with Crippen molar-refractivity contribution in [3.8, 4) is 17.1 Å². The number of ether oxygens (including phenoxy) is 1. The van der Waals surface area contributed by atoms with Gasteiger partial charge in [0.05, 0.1) is 17.1 Å². The Labute approximate surface area is 235 Å². The second kappa shape index (κ2) is 12.6. The fraction of sp³-hybridized carbons (Fsp3) is 0.552. The molecule has 4 heterocycles. The van der Waals surface area contributed by atoms with Crippen molar-refractivity contribution in [2.45, 2.75) is 75.9 Å². The van der Waals surface area contributed by atoms with Crippen LogP contribution in [0, 0.1) is 5.82 Å². The maximum atomic E-state index is 13.7. The van der Waals surface area contributed by atoms with Gasteiger partial charge in [0.2, 0.25) is 5.95 Å². The molecule has 0 bridgehead atoms. The van der Waals surface area contributed by atoms with Crippen LogP contribution in [0.1, 0.15) is 63.8 Å².